The zero-order valence-electron chi connectivity index (χ0n) is 9.90. The highest BCUT2D eigenvalue weighted by molar-refractivity contribution is 7.25. The van der Waals surface area contributed by atoms with Crippen LogP contribution in [0.5, 0.6) is 0 Å². The Kier molecular flexibility index (Phi) is 3.14. The van der Waals surface area contributed by atoms with Gasteiger partial charge in [-0.1, -0.05) is 6.07 Å². The molecule has 102 valence electrons. The van der Waals surface area contributed by atoms with E-state index in [1.807, 2.05) is 17.5 Å². The van der Waals surface area contributed by atoms with E-state index in [4.69, 9.17) is 0 Å². The summed E-state index contributed by atoms with van der Waals surface area (Å²) < 4.78 is 38.5. The molecule has 0 saturated heterocycles. The zero-order valence-corrected chi connectivity index (χ0v) is 11.5. The lowest BCUT2D eigenvalue weighted by Gasteiger charge is -2.07. The average Bonchev–Trinajstić information content (AvgIpc) is 2.91. The Labute approximate surface area is 119 Å². The number of rotatable bonds is 1. The van der Waals surface area contributed by atoms with Crippen molar-refractivity contribution in [3.8, 4) is 9.75 Å². The zero-order chi connectivity index (χ0) is 14.3. The molecule has 0 bridgehead atoms. The fourth-order valence-electron chi connectivity index (χ4n) is 1.87. The first kappa shape index (κ1) is 13.3. The molecule has 2 aromatic heterocycles. The molecule has 0 fully saturated rings. The molecule has 0 aliphatic rings. The minimum Gasteiger partial charge on any atom is -0.289 e. The number of alkyl halides is 3. The van der Waals surface area contributed by atoms with Crippen LogP contribution in [-0.4, -0.2) is 0 Å². The lowest BCUT2D eigenvalue weighted by Crippen LogP contribution is -2.06. The maximum atomic E-state index is 12.7. The van der Waals surface area contributed by atoms with Crippen molar-refractivity contribution in [1.82, 2.24) is 0 Å². The van der Waals surface area contributed by atoms with Crippen LogP contribution in [0, 0.1) is 0 Å². The summed E-state index contributed by atoms with van der Waals surface area (Å²) in [5.41, 5.74) is -1.17. The maximum absolute atomic E-state index is 12.7. The van der Waals surface area contributed by atoms with Crippen molar-refractivity contribution in [1.29, 1.82) is 0 Å². The fourth-order valence-corrected chi connectivity index (χ4v) is 3.76. The van der Waals surface area contributed by atoms with E-state index in [9.17, 15) is 18.0 Å². The van der Waals surface area contributed by atoms with Crippen LogP contribution in [0.25, 0.3) is 19.8 Å². The van der Waals surface area contributed by atoms with Gasteiger partial charge in [0.1, 0.15) is 0 Å². The Hall–Kier alpha value is -1.66. The maximum Gasteiger partial charge on any atom is 0.416 e. The molecule has 0 saturated carbocycles. The highest BCUT2D eigenvalue weighted by atomic mass is 32.1. The van der Waals surface area contributed by atoms with Crippen LogP contribution in [0.4, 0.5) is 13.2 Å². The molecule has 0 spiro atoms. The first-order valence-electron chi connectivity index (χ1n) is 5.64. The van der Waals surface area contributed by atoms with Crippen LogP contribution in [0.3, 0.4) is 0 Å². The number of benzene rings is 1. The largest absolute Gasteiger partial charge is 0.416 e. The Morgan fingerprint density at radius 1 is 1.00 bits per heavy atom. The molecule has 1 nitrogen and oxygen atoms in total. The number of hydrogen-bond acceptors (Lipinski definition) is 3. The molecule has 0 N–H and O–H groups in total. The number of fused-ring (bicyclic) bond motifs is 1. The second-order valence-corrected chi connectivity index (χ2v) is 6.19. The molecule has 0 aliphatic heterocycles. The van der Waals surface area contributed by atoms with Gasteiger partial charge in [0.15, 0.2) is 5.43 Å². The van der Waals surface area contributed by atoms with Crippen molar-refractivity contribution < 1.29 is 13.2 Å². The number of halogens is 3. The van der Waals surface area contributed by atoms with Gasteiger partial charge in [0.05, 0.1) is 5.56 Å². The van der Waals surface area contributed by atoms with Crippen molar-refractivity contribution in [3.63, 3.8) is 0 Å². The van der Waals surface area contributed by atoms with E-state index >= 15 is 0 Å². The summed E-state index contributed by atoms with van der Waals surface area (Å²) in [7, 11) is 0. The molecule has 0 radical (unpaired) electrons. The lowest BCUT2D eigenvalue weighted by molar-refractivity contribution is -0.137. The molecule has 1 aromatic carbocycles. The smallest absolute Gasteiger partial charge is 0.289 e. The van der Waals surface area contributed by atoms with Gasteiger partial charge in [-0.05, 0) is 29.6 Å². The highest BCUT2D eigenvalue weighted by Crippen LogP contribution is 2.34. The molecule has 3 rings (SSSR count). The van der Waals surface area contributed by atoms with E-state index in [0.717, 1.165) is 21.9 Å². The van der Waals surface area contributed by atoms with Gasteiger partial charge in [0.25, 0.3) is 0 Å². The van der Waals surface area contributed by atoms with Crippen molar-refractivity contribution in [3.05, 3.63) is 57.6 Å². The summed E-state index contributed by atoms with van der Waals surface area (Å²) in [4.78, 5) is 13.7. The summed E-state index contributed by atoms with van der Waals surface area (Å²) in [6.45, 7) is 0. The van der Waals surface area contributed by atoms with Gasteiger partial charge in [-0.3, -0.25) is 4.79 Å². The summed E-state index contributed by atoms with van der Waals surface area (Å²) in [6.07, 6.45) is -4.43. The number of thiophene rings is 1. The SMILES string of the molecule is O=c1cc(-c2cccs2)sc2ccc(C(F)(F)F)cc12. The lowest BCUT2D eigenvalue weighted by atomic mass is 10.1. The van der Waals surface area contributed by atoms with Crippen LogP contribution in [-0.2, 0) is 6.18 Å². The van der Waals surface area contributed by atoms with Crippen LogP contribution in [0.15, 0.2) is 46.6 Å². The minimum absolute atomic E-state index is 0.116. The predicted octanol–water partition coefficient (Wildman–Crippen LogP) is 5.01. The van der Waals surface area contributed by atoms with E-state index in [2.05, 4.69) is 0 Å². The minimum atomic E-state index is -4.43. The van der Waals surface area contributed by atoms with Gasteiger partial charge in [-0.15, -0.1) is 22.7 Å². The van der Waals surface area contributed by atoms with E-state index in [0.29, 0.717) is 4.70 Å². The molecule has 0 atom stereocenters. The first-order valence-corrected chi connectivity index (χ1v) is 7.34. The number of hydrogen-bond donors (Lipinski definition) is 0. The van der Waals surface area contributed by atoms with Crippen LogP contribution < -0.4 is 5.43 Å². The van der Waals surface area contributed by atoms with E-state index in [-0.39, 0.29) is 10.8 Å². The quantitative estimate of drug-likeness (QED) is 0.617. The van der Waals surface area contributed by atoms with Crippen LogP contribution in [0.1, 0.15) is 5.56 Å². The molecule has 0 unspecified atom stereocenters. The van der Waals surface area contributed by atoms with Crippen molar-refractivity contribution in [2.45, 2.75) is 6.18 Å². The monoisotopic (exact) mass is 312 g/mol. The van der Waals surface area contributed by atoms with Crippen molar-refractivity contribution in [2.75, 3.05) is 0 Å². The third kappa shape index (κ3) is 2.36. The highest BCUT2D eigenvalue weighted by Gasteiger charge is 2.30. The van der Waals surface area contributed by atoms with E-state index in [1.54, 1.807) is 0 Å². The van der Waals surface area contributed by atoms with Gasteiger partial charge in [0.2, 0.25) is 0 Å². The average molecular weight is 312 g/mol. The van der Waals surface area contributed by atoms with Gasteiger partial charge in [-0.2, -0.15) is 13.2 Å². The summed E-state index contributed by atoms with van der Waals surface area (Å²) in [6, 6.07) is 8.45. The second-order valence-electron chi connectivity index (χ2n) is 4.16. The van der Waals surface area contributed by atoms with Crippen molar-refractivity contribution >= 4 is 32.8 Å². The summed E-state index contributed by atoms with van der Waals surface area (Å²) >= 11 is 2.81. The second kappa shape index (κ2) is 4.71. The first-order chi connectivity index (χ1) is 9.45. The normalized spacial score (nSPS) is 11.9. The third-order valence-electron chi connectivity index (χ3n) is 2.82. The Balaban J connectivity index is 2.23. The molecule has 6 heteroatoms. The standard InChI is InChI=1S/C14H7F3OS2/c15-14(16,17)8-3-4-11-9(6-8)10(18)7-13(20-11)12-2-1-5-19-12/h1-7H. The van der Waals surface area contributed by atoms with Crippen molar-refractivity contribution in [2.24, 2.45) is 0 Å². The predicted molar refractivity (Wildman–Crippen MR) is 76.4 cm³/mol. The Morgan fingerprint density at radius 2 is 1.80 bits per heavy atom. The topological polar surface area (TPSA) is 17.1 Å². The van der Waals surface area contributed by atoms with Crippen LogP contribution >= 0.6 is 22.7 Å². The van der Waals surface area contributed by atoms with Gasteiger partial charge in [-0.25, -0.2) is 0 Å². The molecule has 0 aliphatic carbocycles. The molecule has 3 aromatic rings. The summed E-state index contributed by atoms with van der Waals surface area (Å²) in [5.74, 6) is 0. The van der Waals surface area contributed by atoms with E-state index < -0.39 is 11.7 Å². The van der Waals surface area contributed by atoms with E-state index in [1.165, 1.54) is 34.8 Å². The molecular weight excluding hydrogens is 305 g/mol. The van der Waals surface area contributed by atoms with Gasteiger partial charge >= 0.3 is 6.18 Å². The molecular formula is C14H7F3OS2. The molecule has 0 amide bonds. The Morgan fingerprint density at radius 3 is 2.45 bits per heavy atom. The fraction of sp³-hybridized carbons (Fsp3) is 0.0714. The summed E-state index contributed by atoms with van der Waals surface area (Å²) in [5, 5.41) is 2.01. The molecule has 20 heavy (non-hydrogen) atoms. The van der Waals surface area contributed by atoms with Crippen LogP contribution in [0.2, 0.25) is 0 Å². The van der Waals surface area contributed by atoms with Gasteiger partial charge < -0.3 is 0 Å². The third-order valence-corrected chi connectivity index (χ3v) is 4.98. The van der Waals surface area contributed by atoms with Gasteiger partial charge in [0, 0.05) is 25.9 Å². The Bertz CT molecular complexity index is 817. The molecule has 2 heterocycles.